The Hall–Kier alpha value is -3.34. The second-order valence-corrected chi connectivity index (χ2v) is 6.28. The maximum atomic E-state index is 12.2. The highest BCUT2D eigenvalue weighted by Gasteiger charge is 2.07. The van der Waals surface area contributed by atoms with Gasteiger partial charge in [0.25, 0.3) is 0 Å². The summed E-state index contributed by atoms with van der Waals surface area (Å²) < 4.78 is 5.12. The quantitative estimate of drug-likeness (QED) is 0.653. The minimum atomic E-state index is -0.0830. The van der Waals surface area contributed by atoms with Crippen LogP contribution in [0.2, 0.25) is 0 Å². The number of anilines is 2. The van der Waals surface area contributed by atoms with Gasteiger partial charge in [-0.15, -0.1) is 0 Å². The summed E-state index contributed by atoms with van der Waals surface area (Å²) in [5, 5.41) is 6.22. The Labute approximate surface area is 159 Å². The van der Waals surface area contributed by atoms with E-state index in [4.69, 9.17) is 4.74 Å². The third-order valence-electron chi connectivity index (χ3n) is 4.23. The molecule has 5 nitrogen and oxygen atoms in total. The second kappa shape index (κ2) is 8.85. The Balaban J connectivity index is 1.54. The van der Waals surface area contributed by atoms with Gasteiger partial charge in [-0.3, -0.25) is 4.79 Å². The highest BCUT2D eigenvalue weighted by Crippen LogP contribution is 2.19. The number of rotatable bonds is 7. The van der Waals surface area contributed by atoms with Crippen LogP contribution in [0, 0.1) is 0 Å². The Morgan fingerprint density at radius 3 is 2.41 bits per heavy atom. The van der Waals surface area contributed by atoms with Gasteiger partial charge in [0, 0.05) is 6.04 Å². The molecule has 3 rings (SSSR count). The number of carbonyl (C=O) groups is 1. The number of amides is 1. The predicted octanol–water partition coefficient (Wildman–Crippen LogP) is 4.44. The highest BCUT2D eigenvalue weighted by molar-refractivity contribution is 5.92. The minimum absolute atomic E-state index is 0.0830. The number of carbonyl (C=O) groups excluding carboxylic acids is 1. The third-order valence-corrected chi connectivity index (χ3v) is 4.23. The van der Waals surface area contributed by atoms with Crippen molar-refractivity contribution in [3.05, 3.63) is 84.1 Å². The molecular formula is C22H23N3O2. The summed E-state index contributed by atoms with van der Waals surface area (Å²) in [7, 11) is 1.62. The van der Waals surface area contributed by atoms with Gasteiger partial charge in [-0.1, -0.05) is 42.5 Å². The molecule has 0 saturated carbocycles. The summed E-state index contributed by atoms with van der Waals surface area (Å²) in [6, 6.07) is 21.5. The number of benzene rings is 2. The van der Waals surface area contributed by atoms with E-state index in [1.165, 1.54) is 5.56 Å². The van der Waals surface area contributed by atoms with Crippen LogP contribution in [-0.4, -0.2) is 18.0 Å². The molecule has 3 aromatic rings. The van der Waals surface area contributed by atoms with Crippen molar-refractivity contribution >= 4 is 17.4 Å². The zero-order valence-corrected chi connectivity index (χ0v) is 15.5. The van der Waals surface area contributed by atoms with Crippen molar-refractivity contribution in [3.8, 4) is 5.75 Å². The number of nitrogens with zero attached hydrogens (tertiary/aromatic N) is 1. The van der Waals surface area contributed by atoms with Gasteiger partial charge in [-0.25, -0.2) is 4.98 Å². The SMILES string of the molecule is COc1ccc(CC(=O)Nc2ccc(NC(C)c3ccccc3)nc2)cc1. The Kier molecular flexibility index (Phi) is 6.05. The third kappa shape index (κ3) is 5.31. The molecule has 0 fully saturated rings. The first kappa shape index (κ1) is 18.5. The first-order chi connectivity index (χ1) is 13.1. The number of methoxy groups -OCH3 is 1. The maximum absolute atomic E-state index is 12.2. The van der Waals surface area contributed by atoms with Gasteiger partial charge in [0.15, 0.2) is 0 Å². The number of ether oxygens (including phenoxy) is 1. The molecule has 0 saturated heterocycles. The number of nitrogens with one attached hydrogen (secondary N) is 2. The Morgan fingerprint density at radius 2 is 1.78 bits per heavy atom. The summed E-state index contributed by atoms with van der Waals surface area (Å²) in [4.78, 5) is 16.6. The van der Waals surface area contributed by atoms with Crippen LogP contribution in [0.15, 0.2) is 72.9 Å². The van der Waals surface area contributed by atoms with Gasteiger partial charge in [0.05, 0.1) is 25.4 Å². The van der Waals surface area contributed by atoms with Gasteiger partial charge in [0.2, 0.25) is 5.91 Å². The number of hydrogen-bond acceptors (Lipinski definition) is 4. The smallest absolute Gasteiger partial charge is 0.228 e. The summed E-state index contributed by atoms with van der Waals surface area (Å²) in [5.41, 5.74) is 2.79. The van der Waals surface area contributed by atoms with Crippen LogP contribution in [0.4, 0.5) is 11.5 Å². The molecule has 0 spiro atoms. The summed E-state index contributed by atoms with van der Waals surface area (Å²) in [6.45, 7) is 2.08. The minimum Gasteiger partial charge on any atom is -0.497 e. The van der Waals surface area contributed by atoms with Gasteiger partial charge in [-0.05, 0) is 42.3 Å². The first-order valence-electron chi connectivity index (χ1n) is 8.84. The van der Waals surface area contributed by atoms with Crippen LogP contribution in [-0.2, 0) is 11.2 Å². The molecule has 138 valence electrons. The second-order valence-electron chi connectivity index (χ2n) is 6.28. The molecule has 1 atom stereocenters. The number of pyridine rings is 1. The average molecular weight is 361 g/mol. The van der Waals surface area contributed by atoms with Gasteiger partial charge >= 0.3 is 0 Å². The van der Waals surface area contributed by atoms with Crippen molar-refractivity contribution in [3.63, 3.8) is 0 Å². The lowest BCUT2D eigenvalue weighted by Gasteiger charge is -2.15. The fourth-order valence-corrected chi connectivity index (χ4v) is 2.73. The Morgan fingerprint density at radius 1 is 1.04 bits per heavy atom. The van der Waals surface area contributed by atoms with Crippen molar-refractivity contribution < 1.29 is 9.53 Å². The lowest BCUT2D eigenvalue weighted by Crippen LogP contribution is -2.14. The molecule has 0 aliphatic heterocycles. The van der Waals surface area contributed by atoms with Crippen molar-refractivity contribution in [2.75, 3.05) is 17.7 Å². The molecule has 1 aromatic heterocycles. The molecular weight excluding hydrogens is 338 g/mol. The van der Waals surface area contributed by atoms with Gasteiger partial charge in [-0.2, -0.15) is 0 Å². The van der Waals surface area contributed by atoms with E-state index in [0.29, 0.717) is 12.1 Å². The fourth-order valence-electron chi connectivity index (χ4n) is 2.73. The van der Waals surface area contributed by atoms with Gasteiger partial charge in [0.1, 0.15) is 11.6 Å². The molecule has 1 heterocycles. The lowest BCUT2D eigenvalue weighted by atomic mass is 10.1. The van der Waals surface area contributed by atoms with E-state index in [9.17, 15) is 4.79 Å². The first-order valence-corrected chi connectivity index (χ1v) is 8.84. The maximum Gasteiger partial charge on any atom is 0.228 e. The van der Waals surface area contributed by atoms with Crippen molar-refractivity contribution in [1.82, 2.24) is 4.98 Å². The van der Waals surface area contributed by atoms with Crippen LogP contribution in [0.25, 0.3) is 0 Å². The highest BCUT2D eigenvalue weighted by atomic mass is 16.5. The predicted molar refractivity (Wildman–Crippen MR) is 108 cm³/mol. The van der Waals surface area contributed by atoms with Crippen molar-refractivity contribution in [1.29, 1.82) is 0 Å². The molecule has 27 heavy (non-hydrogen) atoms. The molecule has 0 bridgehead atoms. The largest absolute Gasteiger partial charge is 0.497 e. The molecule has 0 radical (unpaired) electrons. The molecule has 2 N–H and O–H groups in total. The van der Waals surface area contributed by atoms with E-state index < -0.39 is 0 Å². The summed E-state index contributed by atoms with van der Waals surface area (Å²) >= 11 is 0. The molecule has 5 heteroatoms. The normalized spacial score (nSPS) is 11.5. The molecule has 2 aromatic carbocycles. The van der Waals surface area contributed by atoms with Crippen LogP contribution >= 0.6 is 0 Å². The zero-order chi connectivity index (χ0) is 19.1. The van der Waals surface area contributed by atoms with Crippen LogP contribution in [0.5, 0.6) is 5.75 Å². The molecule has 0 aliphatic carbocycles. The number of hydrogen-bond donors (Lipinski definition) is 2. The Bertz CT molecular complexity index is 862. The molecule has 1 amide bonds. The monoisotopic (exact) mass is 361 g/mol. The van der Waals surface area contributed by atoms with E-state index in [1.807, 2.05) is 54.6 Å². The standard InChI is InChI=1S/C22H23N3O2/c1-16(18-6-4-3-5-7-18)24-21-13-10-19(15-23-21)25-22(26)14-17-8-11-20(27-2)12-9-17/h3-13,15-16H,14H2,1-2H3,(H,23,24)(H,25,26). The van der Waals surface area contributed by atoms with Crippen molar-refractivity contribution in [2.24, 2.45) is 0 Å². The summed E-state index contributed by atoms with van der Waals surface area (Å²) in [5.74, 6) is 1.45. The van der Waals surface area contributed by atoms with Crippen LogP contribution in [0.1, 0.15) is 24.1 Å². The van der Waals surface area contributed by atoms with E-state index in [1.54, 1.807) is 13.3 Å². The van der Waals surface area contributed by atoms with E-state index >= 15 is 0 Å². The molecule has 1 unspecified atom stereocenters. The van der Waals surface area contributed by atoms with Crippen LogP contribution in [0.3, 0.4) is 0 Å². The topological polar surface area (TPSA) is 63.2 Å². The number of aromatic nitrogens is 1. The van der Waals surface area contributed by atoms with Crippen molar-refractivity contribution in [2.45, 2.75) is 19.4 Å². The van der Waals surface area contributed by atoms with E-state index in [0.717, 1.165) is 17.1 Å². The van der Waals surface area contributed by atoms with E-state index in [-0.39, 0.29) is 11.9 Å². The van der Waals surface area contributed by atoms with Gasteiger partial charge < -0.3 is 15.4 Å². The van der Waals surface area contributed by atoms with E-state index in [2.05, 4.69) is 34.7 Å². The average Bonchev–Trinajstić information content (AvgIpc) is 2.70. The zero-order valence-electron chi connectivity index (χ0n) is 15.5. The van der Waals surface area contributed by atoms with Crippen LogP contribution < -0.4 is 15.4 Å². The summed E-state index contributed by atoms with van der Waals surface area (Å²) in [6.07, 6.45) is 1.96. The fraction of sp³-hybridized carbons (Fsp3) is 0.182. The lowest BCUT2D eigenvalue weighted by molar-refractivity contribution is -0.115. The molecule has 0 aliphatic rings.